The number of amides is 2. The first-order valence-electron chi connectivity index (χ1n) is 6.93. The van der Waals surface area contributed by atoms with Gasteiger partial charge >= 0.3 is 0 Å². The molecule has 0 aliphatic carbocycles. The van der Waals surface area contributed by atoms with Crippen molar-refractivity contribution in [3.8, 4) is 0 Å². The van der Waals surface area contributed by atoms with Gasteiger partial charge in [-0.15, -0.1) is 0 Å². The van der Waals surface area contributed by atoms with Gasteiger partial charge in [-0.2, -0.15) is 0 Å². The first-order valence-corrected chi connectivity index (χ1v) is 7.30. The maximum absolute atomic E-state index is 12.3. The molecule has 3 rings (SSSR count). The van der Waals surface area contributed by atoms with Gasteiger partial charge in [0.2, 0.25) is 11.8 Å². The Balaban J connectivity index is 1.73. The molecular weight excluding hydrogens is 292 g/mol. The highest BCUT2D eigenvalue weighted by Crippen LogP contribution is 2.31. The summed E-state index contributed by atoms with van der Waals surface area (Å²) in [5, 5.41) is 0.546. The zero-order valence-corrected chi connectivity index (χ0v) is 12.2. The van der Waals surface area contributed by atoms with Crippen LogP contribution in [-0.4, -0.2) is 42.1 Å². The average molecular weight is 307 g/mol. The van der Waals surface area contributed by atoms with Crippen LogP contribution in [0.1, 0.15) is 18.4 Å². The van der Waals surface area contributed by atoms with Gasteiger partial charge in [0.1, 0.15) is 12.3 Å². The van der Waals surface area contributed by atoms with Crippen LogP contribution in [0.15, 0.2) is 18.2 Å². The molecule has 0 bridgehead atoms. The van der Waals surface area contributed by atoms with Crippen molar-refractivity contribution >= 4 is 34.9 Å². The summed E-state index contributed by atoms with van der Waals surface area (Å²) in [6, 6.07) is 5.28. The molecule has 0 radical (unpaired) electrons. The van der Waals surface area contributed by atoms with E-state index in [4.69, 9.17) is 11.6 Å². The first-order chi connectivity index (χ1) is 10.0. The minimum atomic E-state index is -0.122. The maximum Gasteiger partial charge on any atom is 0.242 e. The molecule has 0 spiro atoms. The van der Waals surface area contributed by atoms with Crippen molar-refractivity contribution in [2.75, 3.05) is 24.5 Å². The van der Waals surface area contributed by atoms with Gasteiger partial charge in [-0.1, -0.05) is 17.7 Å². The summed E-state index contributed by atoms with van der Waals surface area (Å²) >= 11 is 5.97. The van der Waals surface area contributed by atoms with Crippen LogP contribution in [0, 0.1) is 0 Å². The Morgan fingerprint density at radius 3 is 2.62 bits per heavy atom. The third-order valence-electron chi connectivity index (χ3n) is 3.95. The Labute approximate surface area is 127 Å². The topological polar surface area (TPSA) is 57.7 Å². The van der Waals surface area contributed by atoms with Crippen LogP contribution < -0.4 is 4.90 Å². The molecule has 0 atom stereocenters. The van der Waals surface area contributed by atoms with E-state index in [1.807, 2.05) is 6.07 Å². The predicted octanol–water partition coefficient (Wildman–Crippen LogP) is 1.42. The van der Waals surface area contributed by atoms with Gasteiger partial charge in [0.25, 0.3) is 0 Å². The normalized spacial score (nSPS) is 18.1. The Morgan fingerprint density at radius 1 is 1.19 bits per heavy atom. The summed E-state index contributed by atoms with van der Waals surface area (Å²) in [5.74, 6) is -0.0224. The molecule has 2 aliphatic rings. The summed E-state index contributed by atoms with van der Waals surface area (Å²) in [5.41, 5.74) is 1.61. The van der Waals surface area contributed by atoms with Crippen molar-refractivity contribution in [1.29, 1.82) is 0 Å². The fraction of sp³-hybridized carbons (Fsp3) is 0.400. The van der Waals surface area contributed by atoms with Crippen molar-refractivity contribution in [3.05, 3.63) is 28.8 Å². The van der Waals surface area contributed by atoms with Crippen molar-refractivity contribution in [1.82, 2.24) is 4.90 Å². The average Bonchev–Trinajstić information content (AvgIpc) is 2.76. The zero-order valence-electron chi connectivity index (χ0n) is 11.5. The number of benzene rings is 1. The Hall–Kier alpha value is -1.88. The highest BCUT2D eigenvalue weighted by molar-refractivity contribution is 6.31. The van der Waals surface area contributed by atoms with Crippen LogP contribution in [0.25, 0.3) is 0 Å². The van der Waals surface area contributed by atoms with E-state index in [2.05, 4.69) is 0 Å². The minimum absolute atomic E-state index is 0.0143. The number of carbonyl (C=O) groups excluding carboxylic acids is 3. The van der Waals surface area contributed by atoms with Crippen LogP contribution in [0.2, 0.25) is 5.02 Å². The molecular formula is C15H15ClN2O3. The molecule has 110 valence electrons. The van der Waals surface area contributed by atoms with Gasteiger partial charge < -0.3 is 9.80 Å². The molecule has 5 nitrogen and oxygen atoms in total. The fourth-order valence-corrected chi connectivity index (χ4v) is 2.91. The number of fused-ring (bicyclic) bond motifs is 1. The lowest BCUT2D eigenvalue weighted by Gasteiger charge is -2.28. The summed E-state index contributed by atoms with van der Waals surface area (Å²) in [6.07, 6.45) is 1.11. The van der Waals surface area contributed by atoms with Crippen molar-refractivity contribution in [3.63, 3.8) is 0 Å². The number of Topliss-reactive ketones (excluding diaryl/α,β-unsaturated/α-hetero) is 1. The van der Waals surface area contributed by atoms with Crippen LogP contribution >= 0.6 is 11.6 Å². The number of nitrogens with zero attached hydrogens (tertiary/aromatic N) is 2. The lowest BCUT2D eigenvalue weighted by atomic mass is 10.1. The minimum Gasteiger partial charge on any atom is -0.340 e. The monoisotopic (exact) mass is 306 g/mol. The number of anilines is 1. The predicted molar refractivity (Wildman–Crippen MR) is 78.3 cm³/mol. The van der Waals surface area contributed by atoms with E-state index in [0.717, 1.165) is 5.56 Å². The quantitative estimate of drug-likeness (QED) is 0.830. The van der Waals surface area contributed by atoms with Gasteiger partial charge in [0, 0.05) is 36.6 Å². The highest BCUT2D eigenvalue weighted by atomic mass is 35.5. The van der Waals surface area contributed by atoms with Gasteiger partial charge in [-0.05, 0) is 17.7 Å². The summed E-state index contributed by atoms with van der Waals surface area (Å²) in [7, 11) is 0. The van der Waals surface area contributed by atoms with Crippen molar-refractivity contribution in [2.45, 2.75) is 19.3 Å². The van der Waals surface area contributed by atoms with Crippen LogP contribution in [-0.2, 0) is 20.8 Å². The largest absolute Gasteiger partial charge is 0.340 e. The number of carbonyl (C=O) groups is 3. The molecule has 6 heteroatoms. The Kier molecular flexibility index (Phi) is 3.68. The fourth-order valence-electron chi connectivity index (χ4n) is 2.74. The molecule has 2 amide bonds. The molecule has 1 saturated heterocycles. The Bertz CT molecular complexity index is 619. The SMILES string of the molecule is O=C1CCN(C(=O)CN2C(=O)Cc3ccc(Cl)cc32)CC1. The molecule has 21 heavy (non-hydrogen) atoms. The molecule has 0 unspecified atom stereocenters. The molecule has 0 N–H and O–H groups in total. The summed E-state index contributed by atoms with van der Waals surface area (Å²) in [6.45, 7) is 0.907. The number of halogens is 1. The van der Waals surface area contributed by atoms with Crippen molar-refractivity contribution in [2.24, 2.45) is 0 Å². The smallest absolute Gasteiger partial charge is 0.242 e. The lowest BCUT2D eigenvalue weighted by Crippen LogP contribution is -2.45. The van der Waals surface area contributed by atoms with E-state index in [-0.39, 0.29) is 24.1 Å². The van der Waals surface area contributed by atoms with Crippen LogP contribution in [0.3, 0.4) is 0 Å². The third kappa shape index (κ3) is 2.78. The number of ketones is 1. The molecule has 2 heterocycles. The molecule has 2 aliphatic heterocycles. The first kappa shape index (κ1) is 14.1. The summed E-state index contributed by atoms with van der Waals surface area (Å²) < 4.78 is 0. The molecule has 1 aromatic carbocycles. The van der Waals surface area contributed by atoms with E-state index in [1.54, 1.807) is 17.0 Å². The second-order valence-corrected chi connectivity index (χ2v) is 5.79. The van der Waals surface area contributed by atoms with Gasteiger partial charge in [-0.3, -0.25) is 14.4 Å². The van der Waals surface area contributed by atoms with Gasteiger partial charge in [0.15, 0.2) is 0 Å². The highest BCUT2D eigenvalue weighted by Gasteiger charge is 2.31. The van der Waals surface area contributed by atoms with E-state index in [1.165, 1.54) is 4.90 Å². The number of rotatable bonds is 2. The number of hydrogen-bond acceptors (Lipinski definition) is 3. The van der Waals surface area contributed by atoms with Crippen molar-refractivity contribution < 1.29 is 14.4 Å². The lowest BCUT2D eigenvalue weighted by molar-refractivity contribution is -0.134. The molecule has 0 saturated carbocycles. The maximum atomic E-state index is 12.3. The van der Waals surface area contributed by atoms with E-state index in [0.29, 0.717) is 43.1 Å². The second kappa shape index (κ2) is 5.48. The van der Waals surface area contributed by atoms with Crippen LogP contribution in [0.5, 0.6) is 0 Å². The standard InChI is InChI=1S/C15H15ClN2O3/c16-11-2-1-10-7-14(20)18(13(10)8-11)9-15(21)17-5-3-12(19)4-6-17/h1-2,8H,3-7,9H2. The number of likely N-dealkylation sites (tertiary alicyclic amines) is 1. The van der Waals surface area contributed by atoms with Crippen LogP contribution in [0.4, 0.5) is 5.69 Å². The number of hydrogen-bond donors (Lipinski definition) is 0. The second-order valence-electron chi connectivity index (χ2n) is 5.35. The third-order valence-corrected chi connectivity index (χ3v) is 4.18. The molecule has 0 aromatic heterocycles. The van der Waals surface area contributed by atoms with Gasteiger partial charge in [0.05, 0.1) is 6.42 Å². The van der Waals surface area contributed by atoms with E-state index >= 15 is 0 Å². The van der Waals surface area contributed by atoms with E-state index in [9.17, 15) is 14.4 Å². The molecule has 1 fully saturated rings. The molecule has 1 aromatic rings. The van der Waals surface area contributed by atoms with E-state index < -0.39 is 0 Å². The Morgan fingerprint density at radius 2 is 1.90 bits per heavy atom. The zero-order chi connectivity index (χ0) is 15.0. The van der Waals surface area contributed by atoms with Gasteiger partial charge in [-0.25, -0.2) is 0 Å². The number of piperidine rings is 1. The summed E-state index contributed by atoms with van der Waals surface area (Å²) in [4.78, 5) is 38.7.